The number of nitrogens with zero attached hydrogens (tertiary/aromatic N) is 1. The summed E-state index contributed by atoms with van der Waals surface area (Å²) in [4.78, 5) is 76.4. The lowest BCUT2D eigenvalue weighted by molar-refractivity contribution is -0.192. The van der Waals surface area contributed by atoms with Crippen LogP contribution in [0.2, 0.25) is 0 Å². The van der Waals surface area contributed by atoms with Crippen molar-refractivity contribution in [3.8, 4) is 5.75 Å². The Morgan fingerprint density at radius 1 is 0.981 bits per heavy atom. The molecule has 0 saturated carbocycles. The van der Waals surface area contributed by atoms with Gasteiger partial charge in [0.05, 0.1) is 17.8 Å². The molecule has 5 rings (SSSR count). The molecule has 0 spiro atoms. The highest BCUT2D eigenvalue weighted by molar-refractivity contribution is 6.10. The van der Waals surface area contributed by atoms with Crippen LogP contribution in [0.5, 0.6) is 5.75 Å². The molecule has 3 aromatic carbocycles. The van der Waals surface area contributed by atoms with E-state index in [-0.39, 0.29) is 37.1 Å². The Bertz CT molecular complexity index is 1790. The average Bonchev–Trinajstić information content (AvgIpc) is 3.84. The van der Waals surface area contributed by atoms with Gasteiger partial charge < -0.3 is 35.4 Å². The Balaban J connectivity index is 0.000000785. The lowest BCUT2D eigenvalue weighted by atomic mass is 9.65. The monoisotopic (exact) mass is 724 g/mol. The number of esters is 1. The predicted octanol–water partition coefficient (Wildman–Crippen LogP) is 3.50. The van der Waals surface area contributed by atoms with E-state index in [2.05, 4.69) is 10.6 Å². The van der Waals surface area contributed by atoms with Gasteiger partial charge in [-0.2, -0.15) is 13.2 Å². The van der Waals surface area contributed by atoms with E-state index in [1.165, 1.54) is 4.90 Å². The average molecular weight is 725 g/mol. The number of alkyl halides is 3. The van der Waals surface area contributed by atoms with E-state index < -0.39 is 34.6 Å². The van der Waals surface area contributed by atoms with E-state index in [9.17, 15) is 37.1 Å². The molecule has 15 heteroatoms. The standard InChI is InChI=1S/C35H38N4O6.C2HF3O2/c1-33(26-12-6-2-7-13-26,35(34(24-41,38-35)18-20-40)32(44)45-27-14-8-3-9-15-27)23-39-29-17-16-25(11-5-4-10-19-36)21-28(29)31(43)37-22-30(39)42;3-2(4,5)1(6)7/h2-3,6-9,12-17,20-21,24,38H,4-5,10-11,18-19,22-23,36H2,1H3,(H,37,43);(H,6,7)/t33?,34?,35-;/m1./s1. The van der Waals surface area contributed by atoms with Gasteiger partial charge in [-0.25, -0.2) is 9.59 Å². The molecule has 12 nitrogen and oxygen atoms in total. The number of unbranched alkanes of at least 4 members (excludes halogenated alkanes) is 2. The van der Waals surface area contributed by atoms with Crippen molar-refractivity contribution in [3.63, 3.8) is 0 Å². The normalized spacial score (nSPS) is 20.5. The number of halogens is 3. The number of para-hydroxylation sites is 1. The van der Waals surface area contributed by atoms with Crippen LogP contribution in [0.15, 0.2) is 78.9 Å². The predicted molar refractivity (Wildman–Crippen MR) is 183 cm³/mol. The van der Waals surface area contributed by atoms with Crippen molar-refractivity contribution < 1.29 is 51.8 Å². The van der Waals surface area contributed by atoms with Crippen molar-refractivity contribution in [2.45, 2.75) is 61.7 Å². The van der Waals surface area contributed by atoms with E-state index >= 15 is 0 Å². The highest BCUT2D eigenvalue weighted by atomic mass is 19.4. The van der Waals surface area contributed by atoms with E-state index in [1.54, 1.807) is 61.5 Å². The SMILES string of the molecule is CC(CN1C(=O)CNC(=O)c2cc(CCCCCN)ccc21)(c1ccccc1)[C@@]1(C(=O)Oc2ccccc2)NC1(C=O)CC=O.O=C(O)C(F)(F)F. The van der Waals surface area contributed by atoms with E-state index in [1.807, 2.05) is 24.3 Å². The second-order valence-electron chi connectivity index (χ2n) is 12.7. The number of carboxylic acid groups (broad SMARTS) is 1. The zero-order chi connectivity index (χ0) is 38.2. The van der Waals surface area contributed by atoms with Gasteiger partial charge in [-0.15, -0.1) is 0 Å². The Morgan fingerprint density at radius 3 is 2.19 bits per heavy atom. The van der Waals surface area contributed by atoms with Crippen LogP contribution in [0.1, 0.15) is 54.1 Å². The van der Waals surface area contributed by atoms with Crippen LogP contribution in [0.4, 0.5) is 18.9 Å². The van der Waals surface area contributed by atoms with Crippen LogP contribution in [-0.4, -0.2) is 78.3 Å². The number of carbonyl (C=O) groups is 6. The number of carbonyl (C=O) groups excluding carboxylic acids is 5. The summed E-state index contributed by atoms with van der Waals surface area (Å²) in [6.07, 6.45) is -0.658. The molecule has 0 bridgehead atoms. The number of aldehydes is 2. The fraction of sp³-hybridized carbons (Fsp3) is 0.351. The molecule has 0 radical (unpaired) electrons. The maximum atomic E-state index is 14.3. The van der Waals surface area contributed by atoms with Gasteiger partial charge in [-0.05, 0) is 61.2 Å². The van der Waals surface area contributed by atoms with Crippen LogP contribution in [0.3, 0.4) is 0 Å². The number of anilines is 1. The summed E-state index contributed by atoms with van der Waals surface area (Å²) >= 11 is 0. The molecule has 3 aromatic rings. The Labute approximate surface area is 297 Å². The number of fused-ring (bicyclic) bond motifs is 1. The maximum Gasteiger partial charge on any atom is 0.490 e. The van der Waals surface area contributed by atoms with Gasteiger partial charge in [0.1, 0.15) is 23.9 Å². The molecule has 2 amide bonds. The molecule has 3 atom stereocenters. The summed E-state index contributed by atoms with van der Waals surface area (Å²) in [7, 11) is 0. The number of nitrogens with one attached hydrogen (secondary N) is 2. The minimum atomic E-state index is -5.08. The third-order valence-electron chi connectivity index (χ3n) is 9.31. The number of rotatable bonds is 14. The molecule has 2 unspecified atom stereocenters. The van der Waals surface area contributed by atoms with E-state index in [0.717, 1.165) is 31.2 Å². The molecule has 1 fully saturated rings. The number of ether oxygens (including phenoxy) is 1. The zero-order valence-electron chi connectivity index (χ0n) is 28.3. The number of hydrogen-bond acceptors (Lipinski definition) is 9. The summed E-state index contributed by atoms with van der Waals surface area (Å²) in [6.45, 7) is 2.03. The van der Waals surface area contributed by atoms with Crippen molar-refractivity contribution in [1.29, 1.82) is 0 Å². The number of aliphatic carboxylic acids is 1. The number of nitrogens with two attached hydrogens (primary N) is 1. The van der Waals surface area contributed by atoms with Crippen molar-refractivity contribution in [3.05, 3.63) is 95.6 Å². The second-order valence-corrected chi connectivity index (χ2v) is 12.7. The van der Waals surface area contributed by atoms with Gasteiger partial charge in [-0.3, -0.25) is 14.9 Å². The van der Waals surface area contributed by atoms with Gasteiger partial charge in [0.2, 0.25) is 5.91 Å². The molecule has 0 aliphatic carbocycles. The molecule has 5 N–H and O–H groups in total. The van der Waals surface area contributed by atoms with E-state index in [4.69, 9.17) is 20.4 Å². The summed E-state index contributed by atoms with van der Waals surface area (Å²) < 4.78 is 37.6. The molecule has 2 heterocycles. The van der Waals surface area contributed by atoms with Crippen molar-refractivity contribution in [1.82, 2.24) is 10.6 Å². The van der Waals surface area contributed by atoms with Crippen LogP contribution >= 0.6 is 0 Å². The topological polar surface area (TPSA) is 195 Å². The number of hydrogen-bond donors (Lipinski definition) is 4. The number of aryl methyl sites for hydroxylation is 1. The molecule has 276 valence electrons. The number of amides is 2. The van der Waals surface area contributed by atoms with Crippen molar-refractivity contribution >= 4 is 42.0 Å². The Kier molecular flexibility index (Phi) is 12.3. The lowest BCUT2D eigenvalue weighted by Gasteiger charge is -2.41. The van der Waals surface area contributed by atoms with Gasteiger partial charge in [-0.1, -0.05) is 67.9 Å². The fourth-order valence-corrected chi connectivity index (χ4v) is 6.57. The quantitative estimate of drug-likeness (QED) is 0.0629. The number of carboxylic acids is 1. The minimum Gasteiger partial charge on any atom is -0.475 e. The van der Waals surface area contributed by atoms with Crippen LogP contribution in [-0.2, 0) is 35.8 Å². The van der Waals surface area contributed by atoms with Gasteiger partial charge >= 0.3 is 18.1 Å². The third-order valence-corrected chi connectivity index (χ3v) is 9.31. The highest BCUT2D eigenvalue weighted by Crippen LogP contribution is 2.54. The maximum absolute atomic E-state index is 14.3. The molecule has 0 aromatic heterocycles. The van der Waals surface area contributed by atoms with Crippen LogP contribution < -0.4 is 26.0 Å². The van der Waals surface area contributed by atoms with Crippen LogP contribution in [0, 0.1) is 0 Å². The largest absolute Gasteiger partial charge is 0.490 e. The minimum absolute atomic E-state index is 0.112. The smallest absolute Gasteiger partial charge is 0.475 e. The second kappa shape index (κ2) is 16.3. The molecule has 2 aliphatic rings. The lowest BCUT2D eigenvalue weighted by Crippen LogP contribution is -2.60. The first-order valence-corrected chi connectivity index (χ1v) is 16.4. The van der Waals surface area contributed by atoms with Crippen LogP contribution in [0.25, 0.3) is 0 Å². The molecule has 52 heavy (non-hydrogen) atoms. The summed E-state index contributed by atoms with van der Waals surface area (Å²) in [5.41, 5.74) is 3.28. The zero-order valence-corrected chi connectivity index (χ0v) is 28.3. The van der Waals surface area contributed by atoms with Crippen molar-refractivity contribution in [2.75, 3.05) is 24.5 Å². The van der Waals surface area contributed by atoms with Crippen molar-refractivity contribution in [2.24, 2.45) is 5.73 Å². The number of benzene rings is 3. The van der Waals surface area contributed by atoms with Gasteiger partial charge in [0.25, 0.3) is 5.91 Å². The van der Waals surface area contributed by atoms with Gasteiger partial charge in [0.15, 0.2) is 5.54 Å². The molecular weight excluding hydrogens is 685 g/mol. The highest BCUT2D eigenvalue weighted by Gasteiger charge is 2.80. The molecular formula is C37H39F3N4O8. The first-order valence-electron chi connectivity index (χ1n) is 16.4. The summed E-state index contributed by atoms with van der Waals surface area (Å²) in [5, 5.41) is 12.9. The third kappa shape index (κ3) is 8.05. The Hall–Kier alpha value is -5.41. The van der Waals surface area contributed by atoms with E-state index in [0.29, 0.717) is 35.9 Å². The fourth-order valence-electron chi connectivity index (χ4n) is 6.57. The Morgan fingerprint density at radius 2 is 1.62 bits per heavy atom. The summed E-state index contributed by atoms with van der Waals surface area (Å²) in [6, 6.07) is 23.0. The molecule has 2 aliphatic heterocycles. The van der Waals surface area contributed by atoms with Gasteiger partial charge in [0, 0.05) is 18.4 Å². The first-order chi connectivity index (χ1) is 24.7. The molecule has 1 saturated heterocycles. The summed E-state index contributed by atoms with van der Waals surface area (Å²) in [5.74, 6) is -4.02. The first kappa shape index (κ1) is 39.4.